The zero-order chi connectivity index (χ0) is 12.8. The fourth-order valence-electron chi connectivity index (χ4n) is 2.38. The number of unbranched alkanes of at least 4 members (excludes halogenated alkanes) is 1. The van der Waals surface area contributed by atoms with Gasteiger partial charge in [-0.3, -0.25) is 4.79 Å². The van der Waals surface area contributed by atoms with E-state index in [2.05, 4.69) is 13.8 Å². The molecule has 0 saturated heterocycles. The lowest BCUT2D eigenvalue weighted by molar-refractivity contribution is 0.0907. The molecule has 17 heavy (non-hydrogen) atoms. The SMILES string of the molecule is CCCCC(CC)C(=O)c1c(C)cccc1C. The van der Waals surface area contributed by atoms with Gasteiger partial charge in [0.2, 0.25) is 0 Å². The summed E-state index contributed by atoms with van der Waals surface area (Å²) in [6, 6.07) is 6.09. The molecule has 0 amide bonds. The summed E-state index contributed by atoms with van der Waals surface area (Å²) in [4.78, 5) is 12.5. The van der Waals surface area contributed by atoms with Crippen molar-refractivity contribution in [3.05, 3.63) is 34.9 Å². The first kappa shape index (κ1) is 14.0. The lowest BCUT2D eigenvalue weighted by atomic mass is 9.87. The Kier molecular flexibility index (Phi) is 5.40. The number of carbonyl (C=O) groups excluding carboxylic acids is 1. The predicted molar refractivity (Wildman–Crippen MR) is 73.6 cm³/mol. The highest BCUT2D eigenvalue weighted by Crippen LogP contribution is 2.23. The predicted octanol–water partition coefficient (Wildman–Crippen LogP) is 4.70. The molecule has 0 aromatic heterocycles. The van der Waals surface area contributed by atoms with Gasteiger partial charge in [-0.25, -0.2) is 0 Å². The van der Waals surface area contributed by atoms with E-state index in [0.29, 0.717) is 5.78 Å². The van der Waals surface area contributed by atoms with Crippen LogP contribution in [0.2, 0.25) is 0 Å². The molecular weight excluding hydrogens is 208 g/mol. The minimum atomic E-state index is 0.203. The third kappa shape index (κ3) is 3.42. The van der Waals surface area contributed by atoms with Gasteiger partial charge in [0.05, 0.1) is 0 Å². The zero-order valence-corrected chi connectivity index (χ0v) is 11.5. The first-order chi connectivity index (χ1) is 8.11. The van der Waals surface area contributed by atoms with Gasteiger partial charge >= 0.3 is 0 Å². The molecule has 1 atom stereocenters. The summed E-state index contributed by atoms with van der Waals surface area (Å²) in [5, 5.41) is 0. The van der Waals surface area contributed by atoms with Gasteiger partial charge in [-0.2, -0.15) is 0 Å². The van der Waals surface area contributed by atoms with Gasteiger partial charge in [-0.15, -0.1) is 0 Å². The number of benzene rings is 1. The van der Waals surface area contributed by atoms with Crippen LogP contribution < -0.4 is 0 Å². The van der Waals surface area contributed by atoms with Crippen molar-refractivity contribution in [2.75, 3.05) is 0 Å². The smallest absolute Gasteiger partial charge is 0.166 e. The molecule has 1 unspecified atom stereocenters. The number of Topliss-reactive ketones (excluding diaryl/α,β-unsaturated/α-hetero) is 1. The van der Waals surface area contributed by atoms with Crippen LogP contribution in [0, 0.1) is 19.8 Å². The minimum Gasteiger partial charge on any atom is -0.294 e. The second-order valence-electron chi connectivity index (χ2n) is 4.88. The van der Waals surface area contributed by atoms with Crippen LogP contribution in [0.5, 0.6) is 0 Å². The van der Waals surface area contributed by atoms with Gasteiger partial charge in [0.1, 0.15) is 0 Å². The Bertz CT molecular complexity index is 359. The van der Waals surface area contributed by atoms with Gasteiger partial charge in [-0.1, -0.05) is 44.9 Å². The van der Waals surface area contributed by atoms with Crippen molar-refractivity contribution in [3.63, 3.8) is 0 Å². The fourth-order valence-corrected chi connectivity index (χ4v) is 2.38. The average molecular weight is 232 g/mol. The van der Waals surface area contributed by atoms with Gasteiger partial charge in [0.25, 0.3) is 0 Å². The van der Waals surface area contributed by atoms with E-state index >= 15 is 0 Å². The summed E-state index contributed by atoms with van der Waals surface area (Å²) in [5.41, 5.74) is 3.19. The molecule has 0 bridgehead atoms. The summed E-state index contributed by atoms with van der Waals surface area (Å²) >= 11 is 0. The molecular formula is C16H24O. The Morgan fingerprint density at radius 3 is 2.24 bits per heavy atom. The summed E-state index contributed by atoms with van der Waals surface area (Å²) in [6.45, 7) is 8.36. The van der Waals surface area contributed by atoms with Gasteiger partial charge in [0.15, 0.2) is 5.78 Å². The van der Waals surface area contributed by atoms with E-state index in [0.717, 1.165) is 42.4 Å². The third-order valence-electron chi connectivity index (χ3n) is 3.50. The van der Waals surface area contributed by atoms with E-state index in [9.17, 15) is 4.79 Å². The first-order valence-electron chi connectivity index (χ1n) is 6.72. The standard InChI is InChI=1S/C16H24O/c1-5-7-11-14(6-2)16(17)15-12(3)9-8-10-13(15)4/h8-10,14H,5-7,11H2,1-4H3. The molecule has 0 heterocycles. The van der Waals surface area contributed by atoms with E-state index in [1.165, 1.54) is 0 Å². The average Bonchev–Trinajstić information content (AvgIpc) is 2.30. The maximum Gasteiger partial charge on any atom is 0.166 e. The Labute approximate surface area is 105 Å². The maximum absolute atomic E-state index is 12.5. The summed E-state index contributed by atoms with van der Waals surface area (Å²) in [5.74, 6) is 0.548. The van der Waals surface area contributed by atoms with Crippen LogP contribution in [0.3, 0.4) is 0 Å². The molecule has 94 valence electrons. The second kappa shape index (κ2) is 6.58. The van der Waals surface area contributed by atoms with E-state index in [-0.39, 0.29) is 5.92 Å². The molecule has 1 heteroatoms. The van der Waals surface area contributed by atoms with Crippen molar-refractivity contribution < 1.29 is 4.79 Å². The monoisotopic (exact) mass is 232 g/mol. The normalized spacial score (nSPS) is 12.5. The molecule has 0 aliphatic rings. The number of rotatable bonds is 6. The summed E-state index contributed by atoms with van der Waals surface area (Å²) < 4.78 is 0. The van der Waals surface area contributed by atoms with E-state index in [4.69, 9.17) is 0 Å². The minimum absolute atomic E-state index is 0.203. The number of ketones is 1. The molecule has 0 N–H and O–H groups in total. The largest absolute Gasteiger partial charge is 0.294 e. The van der Waals surface area contributed by atoms with Crippen LogP contribution in [0.1, 0.15) is 61.0 Å². The van der Waals surface area contributed by atoms with Crippen molar-refractivity contribution in [2.24, 2.45) is 5.92 Å². The van der Waals surface area contributed by atoms with Crippen LogP contribution in [0.4, 0.5) is 0 Å². The maximum atomic E-state index is 12.5. The van der Waals surface area contributed by atoms with Crippen LogP contribution in [-0.4, -0.2) is 5.78 Å². The topological polar surface area (TPSA) is 17.1 Å². The Morgan fingerprint density at radius 2 is 1.76 bits per heavy atom. The van der Waals surface area contributed by atoms with Crippen LogP contribution in [0.25, 0.3) is 0 Å². The molecule has 1 aromatic carbocycles. The number of carbonyl (C=O) groups is 1. The van der Waals surface area contributed by atoms with Crippen molar-refractivity contribution in [2.45, 2.75) is 53.4 Å². The van der Waals surface area contributed by atoms with Crippen molar-refractivity contribution >= 4 is 5.78 Å². The Hall–Kier alpha value is -1.11. The zero-order valence-electron chi connectivity index (χ0n) is 11.5. The number of hydrogen-bond acceptors (Lipinski definition) is 1. The first-order valence-corrected chi connectivity index (χ1v) is 6.72. The van der Waals surface area contributed by atoms with Crippen LogP contribution >= 0.6 is 0 Å². The van der Waals surface area contributed by atoms with Crippen molar-refractivity contribution in [3.8, 4) is 0 Å². The van der Waals surface area contributed by atoms with Crippen molar-refractivity contribution in [1.29, 1.82) is 0 Å². The van der Waals surface area contributed by atoms with Crippen LogP contribution in [-0.2, 0) is 0 Å². The molecule has 0 aliphatic heterocycles. The fraction of sp³-hybridized carbons (Fsp3) is 0.562. The summed E-state index contributed by atoms with van der Waals surface area (Å²) in [6.07, 6.45) is 4.29. The lowest BCUT2D eigenvalue weighted by Gasteiger charge is -2.16. The molecule has 1 nitrogen and oxygen atoms in total. The molecule has 0 fully saturated rings. The summed E-state index contributed by atoms with van der Waals surface area (Å²) in [7, 11) is 0. The Morgan fingerprint density at radius 1 is 1.18 bits per heavy atom. The van der Waals surface area contributed by atoms with Gasteiger partial charge < -0.3 is 0 Å². The van der Waals surface area contributed by atoms with Gasteiger partial charge in [-0.05, 0) is 37.8 Å². The second-order valence-corrected chi connectivity index (χ2v) is 4.88. The molecule has 0 saturated carbocycles. The molecule has 0 aliphatic carbocycles. The highest BCUT2D eigenvalue weighted by Gasteiger charge is 2.20. The van der Waals surface area contributed by atoms with Crippen LogP contribution in [0.15, 0.2) is 18.2 Å². The third-order valence-corrected chi connectivity index (χ3v) is 3.50. The Balaban J connectivity index is 2.93. The molecule has 1 rings (SSSR count). The van der Waals surface area contributed by atoms with Crippen molar-refractivity contribution in [1.82, 2.24) is 0 Å². The highest BCUT2D eigenvalue weighted by molar-refractivity contribution is 6.00. The number of aryl methyl sites for hydroxylation is 2. The quantitative estimate of drug-likeness (QED) is 0.650. The van der Waals surface area contributed by atoms with E-state index < -0.39 is 0 Å². The molecule has 0 radical (unpaired) electrons. The van der Waals surface area contributed by atoms with E-state index in [1.54, 1.807) is 0 Å². The number of hydrogen-bond donors (Lipinski definition) is 0. The molecule has 0 spiro atoms. The highest BCUT2D eigenvalue weighted by atomic mass is 16.1. The van der Waals surface area contributed by atoms with E-state index in [1.807, 2.05) is 32.0 Å². The van der Waals surface area contributed by atoms with Gasteiger partial charge in [0, 0.05) is 11.5 Å². The lowest BCUT2D eigenvalue weighted by Crippen LogP contribution is -2.16. The molecule has 1 aromatic rings.